The van der Waals surface area contributed by atoms with Crippen LogP contribution in [0, 0.1) is 0 Å². The van der Waals surface area contributed by atoms with Gasteiger partial charge in [0.15, 0.2) is 0 Å². The Morgan fingerprint density at radius 1 is 1.26 bits per heavy atom. The maximum Gasteiger partial charge on any atom is 0.0398 e. The maximum atomic E-state index is 4.20. The number of para-hydroxylation sites is 1. The predicted octanol–water partition coefficient (Wildman–Crippen LogP) is 3.85. The molecule has 2 heteroatoms. The average Bonchev–Trinajstić information content (AvgIpc) is 2.42. The first kappa shape index (κ1) is 15.8. The van der Waals surface area contributed by atoms with Crippen molar-refractivity contribution in [2.24, 2.45) is 0 Å². The van der Waals surface area contributed by atoms with Crippen LogP contribution < -0.4 is 10.2 Å². The fourth-order valence-electron chi connectivity index (χ4n) is 1.96. The molecule has 1 aromatic rings. The largest absolute Gasteiger partial charge is 0.367 e. The van der Waals surface area contributed by atoms with Gasteiger partial charge >= 0.3 is 0 Å². The van der Waals surface area contributed by atoms with Crippen molar-refractivity contribution in [1.82, 2.24) is 5.32 Å². The van der Waals surface area contributed by atoms with Crippen molar-refractivity contribution in [1.29, 1.82) is 0 Å². The van der Waals surface area contributed by atoms with Crippen LogP contribution in [0.1, 0.15) is 33.6 Å². The molecule has 0 bridgehead atoms. The second-order valence-corrected chi connectivity index (χ2v) is 5.40. The summed E-state index contributed by atoms with van der Waals surface area (Å²) in [6.07, 6.45) is 2.44. The number of nitrogens with one attached hydrogen (secondary N) is 1. The molecule has 1 N–H and O–H groups in total. The zero-order valence-corrected chi connectivity index (χ0v) is 12.7. The van der Waals surface area contributed by atoms with Gasteiger partial charge in [0.2, 0.25) is 0 Å². The van der Waals surface area contributed by atoms with Gasteiger partial charge in [-0.3, -0.25) is 0 Å². The van der Waals surface area contributed by atoms with E-state index in [-0.39, 0.29) is 0 Å². The lowest BCUT2D eigenvalue weighted by atomic mass is 10.2. The van der Waals surface area contributed by atoms with E-state index >= 15 is 0 Å². The van der Waals surface area contributed by atoms with E-state index in [1.165, 1.54) is 24.1 Å². The molecule has 0 saturated carbocycles. The van der Waals surface area contributed by atoms with Crippen molar-refractivity contribution in [3.05, 3.63) is 42.5 Å². The van der Waals surface area contributed by atoms with E-state index in [0.717, 1.165) is 19.6 Å². The number of rotatable bonds is 9. The Morgan fingerprint density at radius 3 is 2.53 bits per heavy atom. The molecule has 1 rings (SSSR count). The Bertz CT molecular complexity index is 357. The first-order chi connectivity index (χ1) is 9.13. The molecule has 1 aromatic carbocycles. The molecule has 106 valence electrons. The summed E-state index contributed by atoms with van der Waals surface area (Å²) in [7, 11) is 0. The van der Waals surface area contributed by atoms with Crippen molar-refractivity contribution >= 4 is 5.69 Å². The summed E-state index contributed by atoms with van der Waals surface area (Å²) < 4.78 is 0. The van der Waals surface area contributed by atoms with E-state index in [2.05, 4.69) is 67.9 Å². The van der Waals surface area contributed by atoms with Crippen molar-refractivity contribution < 1.29 is 0 Å². The molecule has 2 nitrogen and oxygen atoms in total. The Labute approximate surface area is 118 Å². The van der Waals surface area contributed by atoms with Crippen LogP contribution in [0.4, 0.5) is 5.69 Å². The van der Waals surface area contributed by atoms with Crippen LogP contribution in [0.15, 0.2) is 42.5 Å². The van der Waals surface area contributed by atoms with Crippen molar-refractivity contribution in [2.75, 3.05) is 24.5 Å². The second-order valence-electron chi connectivity index (χ2n) is 5.40. The number of hydrogen-bond donors (Lipinski definition) is 1. The minimum absolute atomic E-state index is 0.512. The zero-order valence-electron chi connectivity index (χ0n) is 12.7. The lowest BCUT2D eigenvalue weighted by Gasteiger charge is -2.26. The second kappa shape index (κ2) is 8.76. The smallest absolute Gasteiger partial charge is 0.0398 e. The summed E-state index contributed by atoms with van der Waals surface area (Å²) in [6, 6.07) is 11.1. The molecule has 0 aliphatic heterocycles. The van der Waals surface area contributed by atoms with Crippen molar-refractivity contribution in [3.63, 3.8) is 0 Å². The lowest BCUT2D eigenvalue weighted by molar-refractivity contribution is 0.613. The zero-order chi connectivity index (χ0) is 14.1. The number of hydrogen-bond acceptors (Lipinski definition) is 2. The molecule has 0 unspecified atom stereocenters. The van der Waals surface area contributed by atoms with E-state index in [1.54, 1.807) is 0 Å². The van der Waals surface area contributed by atoms with Crippen LogP contribution in [0.2, 0.25) is 0 Å². The van der Waals surface area contributed by atoms with E-state index < -0.39 is 0 Å². The summed E-state index contributed by atoms with van der Waals surface area (Å²) >= 11 is 0. The van der Waals surface area contributed by atoms with Gasteiger partial charge < -0.3 is 10.2 Å². The van der Waals surface area contributed by atoms with Crippen LogP contribution in [-0.4, -0.2) is 25.7 Å². The Kier molecular flexibility index (Phi) is 7.27. The molecule has 0 fully saturated rings. The standard InChI is InChI=1S/C17H28N2/c1-5-6-12-19(17-10-8-7-9-11-17)14-16(4)13-18-15(2)3/h7-11,15,18H,4-6,12-14H2,1-3H3. The number of nitrogens with zero attached hydrogens (tertiary/aromatic N) is 1. The van der Waals surface area contributed by atoms with Gasteiger partial charge in [0.1, 0.15) is 0 Å². The highest BCUT2D eigenvalue weighted by molar-refractivity contribution is 5.47. The number of anilines is 1. The van der Waals surface area contributed by atoms with Crippen LogP contribution in [-0.2, 0) is 0 Å². The van der Waals surface area contributed by atoms with Crippen LogP contribution >= 0.6 is 0 Å². The van der Waals surface area contributed by atoms with Crippen LogP contribution in [0.3, 0.4) is 0 Å². The van der Waals surface area contributed by atoms with Gasteiger partial charge in [-0.05, 0) is 24.1 Å². The molecule has 19 heavy (non-hydrogen) atoms. The molecule has 0 radical (unpaired) electrons. The Balaban J connectivity index is 2.57. The molecule has 0 aromatic heterocycles. The predicted molar refractivity (Wildman–Crippen MR) is 85.8 cm³/mol. The van der Waals surface area contributed by atoms with Gasteiger partial charge in [0.25, 0.3) is 0 Å². The Hall–Kier alpha value is -1.28. The normalized spacial score (nSPS) is 10.7. The van der Waals surface area contributed by atoms with Crippen molar-refractivity contribution in [3.8, 4) is 0 Å². The third-order valence-electron chi connectivity index (χ3n) is 3.08. The number of benzene rings is 1. The minimum atomic E-state index is 0.512. The van der Waals surface area contributed by atoms with Crippen molar-refractivity contribution in [2.45, 2.75) is 39.7 Å². The average molecular weight is 260 g/mol. The highest BCUT2D eigenvalue weighted by Gasteiger charge is 2.07. The maximum absolute atomic E-state index is 4.20. The van der Waals surface area contributed by atoms with Gasteiger partial charge in [0, 0.05) is 31.4 Å². The SMILES string of the molecule is C=C(CNC(C)C)CN(CCCC)c1ccccc1. The lowest BCUT2D eigenvalue weighted by Crippen LogP contribution is -2.32. The summed E-state index contributed by atoms with van der Waals surface area (Å²) in [5.41, 5.74) is 2.54. The first-order valence-corrected chi connectivity index (χ1v) is 7.33. The molecule has 0 heterocycles. The van der Waals surface area contributed by atoms with E-state index in [4.69, 9.17) is 0 Å². The molecule has 0 atom stereocenters. The summed E-state index contributed by atoms with van der Waals surface area (Å²) in [5, 5.41) is 3.43. The van der Waals surface area contributed by atoms with Crippen LogP contribution in [0.25, 0.3) is 0 Å². The summed E-state index contributed by atoms with van der Waals surface area (Å²) in [6.45, 7) is 13.7. The third-order valence-corrected chi connectivity index (χ3v) is 3.08. The molecular weight excluding hydrogens is 232 g/mol. The van der Waals surface area contributed by atoms with Gasteiger partial charge in [-0.1, -0.05) is 52.0 Å². The fraction of sp³-hybridized carbons (Fsp3) is 0.529. The van der Waals surface area contributed by atoms with Gasteiger partial charge in [-0.2, -0.15) is 0 Å². The highest BCUT2D eigenvalue weighted by Crippen LogP contribution is 2.15. The molecule has 0 aliphatic rings. The van der Waals surface area contributed by atoms with E-state index in [1.807, 2.05) is 0 Å². The third kappa shape index (κ3) is 6.44. The minimum Gasteiger partial charge on any atom is -0.367 e. The molecule has 0 amide bonds. The van der Waals surface area contributed by atoms with Gasteiger partial charge in [0.05, 0.1) is 0 Å². The molecule has 0 saturated heterocycles. The van der Waals surface area contributed by atoms with E-state index in [9.17, 15) is 0 Å². The summed E-state index contributed by atoms with van der Waals surface area (Å²) in [5.74, 6) is 0. The highest BCUT2D eigenvalue weighted by atomic mass is 15.1. The van der Waals surface area contributed by atoms with Gasteiger partial charge in [-0.25, -0.2) is 0 Å². The molecule has 0 spiro atoms. The monoisotopic (exact) mass is 260 g/mol. The Morgan fingerprint density at radius 2 is 1.95 bits per heavy atom. The fourth-order valence-corrected chi connectivity index (χ4v) is 1.96. The van der Waals surface area contributed by atoms with E-state index in [0.29, 0.717) is 6.04 Å². The van der Waals surface area contributed by atoms with Gasteiger partial charge in [-0.15, -0.1) is 0 Å². The quantitative estimate of drug-likeness (QED) is 0.679. The first-order valence-electron chi connectivity index (χ1n) is 7.33. The molecular formula is C17H28N2. The number of unbranched alkanes of at least 4 members (excludes halogenated alkanes) is 1. The molecule has 0 aliphatic carbocycles. The topological polar surface area (TPSA) is 15.3 Å². The van der Waals surface area contributed by atoms with Crippen LogP contribution in [0.5, 0.6) is 0 Å². The summed E-state index contributed by atoms with van der Waals surface area (Å²) in [4.78, 5) is 2.42.